The van der Waals surface area contributed by atoms with Gasteiger partial charge in [0.05, 0.1) is 13.2 Å². The minimum Gasteiger partial charge on any atom is -0.464 e. The normalized spacial score (nSPS) is 8.86. The van der Waals surface area contributed by atoms with Crippen LogP contribution in [0.5, 0.6) is 0 Å². The van der Waals surface area contributed by atoms with Crippen molar-refractivity contribution in [1.82, 2.24) is 4.98 Å². The Balaban J connectivity index is 2.79. The summed E-state index contributed by atoms with van der Waals surface area (Å²) in [5, 5.41) is 11.1. The average molecular weight is 191 g/mol. The van der Waals surface area contributed by atoms with Gasteiger partial charge in [0, 0.05) is 0 Å². The van der Waals surface area contributed by atoms with Gasteiger partial charge in [-0.05, 0) is 12.1 Å². The first-order valence-electron chi connectivity index (χ1n) is 3.94. The van der Waals surface area contributed by atoms with Crippen LogP contribution in [-0.2, 0) is 4.74 Å². The first-order chi connectivity index (χ1) is 6.77. The van der Waals surface area contributed by atoms with Crippen molar-refractivity contribution in [3.8, 4) is 6.07 Å². The van der Waals surface area contributed by atoms with Gasteiger partial charge >= 0.3 is 5.97 Å². The van der Waals surface area contributed by atoms with Crippen LogP contribution in [0.3, 0.4) is 0 Å². The lowest BCUT2D eigenvalue weighted by Crippen LogP contribution is -2.07. The number of nitrogens with one attached hydrogen (secondary N) is 1. The maximum atomic E-state index is 11.1. The molecule has 0 saturated carbocycles. The Hall–Kier alpha value is -2.09. The lowest BCUT2D eigenvalue weighted by molar-refractivity contribution is 0.0594. The summed E-state index contributed by atoms with van der Waals surface area (Å²) in [6.07, 6.45) is 0. The number of methoxy groups -OCH3 is 1. The minimum absolute atomic E-state index is 0.150. The standard InChI is InChI=1S/C9H9N3O2/c1-14-9(13)7-3-2-4-8(12-7)11-6-5-10/h2-4H,6H2,1H3,(H,11,12). The number of hydrogen-bond acceptors (Lipinski definition) is 5. The molecule has 1 heterocycles. The number of nitriles is 1. The highest BCUT2D eigenvalue weighted by Crippen LogP contribution is 2.05. The zero-order chi connectivity index (χ0) is 10.4. The Kier molecular flexibility index (Phi) is 3.44. The molecular weight excluding hydrogens is 182 g/mol. The monoisotopic (exact) mass is 191 g/mol. The summed E-state index contributed by atoms with van der Waals surface area (Å²) in [4.78, 5) is 15.0. The van der Waals surface area contributed by atoms with E-state index in [4.69, 9.17) is 5.26 Å². The van der Waals surface area contributed by atoms with Gasteiger partial charge in [-0.2, -0.15) is 5.26 Å². The van der Waals surface area contributed by atoms with E-state index in [1.807, 2.05) is 6.07 Å². The van der Waals surface area contributed by atoms with Gasteiger partial charge in [-0.15, -0.1) is 0 Å². The predicted octanol–water partition coefficient (Wildman–Crippen LogP) is 0.804. The van der Waals surface area contributed by atoms with Crippen LogP contribution in [-0.4, -0.2) is 24.6 Å². The SMILES string of the molecule is COC(=O)c1cccc(NCC#N)n1. The highest BCUT2D eigenvalue weighted by molar-refractivity contribution is 5.87. The predicted molar refractivity (Wildman–Crippen MR) is 49.7 cm³/mol. The van der Waals surface area contributed by atoms with Crippen molar-refractivity contribution in [3.05, 3.63) is 23.9 Å². The summed E-state index contributed by atoms with van der Waals surface area (Å²) in [5.74, 6) is -0.0138. The van der Waals surface area contributed by atoms with Crippen LogP contribution < -0.4 is 5.32 Å². The number of anilines is 1. The van der Waals surface area contributed by atoms with Gasteiger partial charge in [0.15, 0.2) is 5.69 Å². The van der Waals surface area contributed by atoms with Gasteiger partial charge in [-0.1, -0.05) is 6.07 Å². The average Bonchev–Trinajstić information content (AvgIpc) is 2.25. The fourth-order valence-corrected chi connectivity index (χ4v) is 0.882. The van der Waals surface area contributed by atoms with Crippen LogP contribution in [0.4, 0.5) is 5.82 Å². The summed E-state index contributed by atoms with van der Waals surface area (Å²) >= 11 is 0. The smallest absolute Gasteiger partial charge is 0.356 e. The molecule has 0 bridgehead atoms. The number of hydrogen-bond donors (Lipinski definition) is 1. The van der Waals surface area contributed by atoms with Crippen molar-refractivity contribution in [2.75, 3.05) is 19.0 Å². The van der Waals surface area contributed by atoms with E-state index in [-0.39, 0.29) is 12.2 Å². The molecule has 1 N–H and O–H groups in total. The fourth-order valence-electron chi connectivity index (χ4n) is 0.882. The lowest BCUT2D eigenvalue weighted by atomic mass is 10.3. The van der Waals surface area contributed by atoms with Gasteiger partial charge in [-0.25, -0.2) is 9.78 Å². The molecule has 72 valence electrons. The van der Waals surface area contributed by atoms with Crippen LogP contribution in [0.15, 0.2) is 18.2 Å². The molecule has 5 heteroatoms. The molecule has 0 aromatic carbocycles. The van der Waals surface area contributed by atoms with Crippen molar-refractivity contribution in [2.24, 2.45) is 0 Å². The molecule has 0 aliphatic carbocycles. The van der Waals surface area contributed by atoms with E-state index < -0.39 is 5.97 Å². The van der Waals surface area contributed by atoms with Crippen LogP contribution in [0, 0.1) is 11.3 Å². The van der Waals surface area contributed by atoms with Crippen LogP contribution >= 0.6 is 0 Å². The van der Waals surface area contributed by atoms with Crippen LogP contribution in [0.2, 0.25) is 0 Å². The van der Waals surface area contributed by atoms with E-state index in [1.54, 1.807) is 18.2 Å². The second-order valence-electron chi connectivity index (χ2n) is 2.41. The largest absolute Gasteiger partial charge is 0.464 e. The third-order valence-corrected chi connectivity index (χ3v) is 1.49. The first-order valence-corrected chi connectivity index (χ1v) is 3.94. The molecule has 1 aromatic rings. The van der Waals surface area contributed by atoms with Crippen molar-refractivity contribution < 1.29 is 9.53 Å². The molecule has 0 radical (unpaired) electrons. The van der Waals surface area contributed by atoms with E-state index in [0.29, 0.717) is 5.82 Å². The summed E-state index contributed by atoms with van der Waals surface area (Å²) < 4.78 is 4.50. The van der Waals surface area contributed by atoms with Crippen LogP contribution in [0.1, 0.15) is 10.5 Å². The maximum Gasteiger partial charge on any atom is 0.356 e. The number of aromatic nitrogens is 1. The number of rotatable bonds is 3. The van der Waals surface area contributed by atoms with Crippen molar-refractivity contribution in [3.63, 3.8) is 0 Å². The van der Waals surface area contributed by atoms with Gasteiger partial charge in [-0.3, -0.25) is 0 Å². The molecule has 5 nitrogen and oxygen atoms in total. The van der Waals surface area contributed by atoms with Crippen molar-refractivity contribution in [2.45, 2.75) is 0 Å². The molecule has 1 rings (SSSR count). The molecule has 14 heavy (non-hydrogen) atoms. The van der Waals surface area contributed by atoms with Gasteiger partial charge in [0.2, 0.25) is 0 Å². The third-order valence-electron chi connectivity index (χ3n) is 1.49. The van der Waals surface area contributed by atoms with E-state index in [2.05, 4.69) is 15.0 Å². The molecule has 0 atom stereocenters. The number of carbonyl (C=O) groups excluding carboxylic acids is 1. The molecule has 0 saturated heterocycles. The third kappa shape index (κ3) is 2.45. The number of pyridine rings is 1. The zero-order valence-corrected chi connectivity index (χ0v) is 7.65. The Morgan fingerprint density at radius 3 is 3.14 bits per heavy atom. The molecule has 0 amide bonds. The molecule has 0 aliphatic rings. The molecular formula is C9H9N3O2. The topological polar surface area (TPSA) is 75.0 Å². The first kappa shape index (κ1) is 9.99. The zero-order valence-electron chi connectivity index (χ0n) is 7.65. The van der Waals surface area contributed by atoms with Gasteiger partial charge in [0.1, 0.15) is 12.4 Å². The number of ether oxygens (including phenoxy) is 1. The second-order valence-corrected chi connectivity index (χ2v) is 2.41. The molecule has 0 unspecified atom stereocenters. The van der Waals surface area contributed by atoms with Crippen molar-refractivity contribution in [1.29, 1.82) is 5.26 Å². The summed E-state index contributed by atoms with van der Waals surface area (Å²) in [5.41, 5.74) is 0.218. The molecule has 0 aliphatic heterocycles. The summed E-state index contributed by atoms with van der Waals surface area (Å²) in [6.45, 7) is 0.150. The summed E-state index contributed by atoms with van der Waals surface area (Å²) in [7, 11) is 1.29. The molecule has 1 aromatic heterocycles. The Labute approximate surface area is 81.3 Å². The van der Waals surface area contributed by atoms with E-state index in [1.165, 1.54) is 7.11 Å². The second kappa shape index (κ2) is 4.82. The van der Waals surface area contributed by atoms with E-state index in [9.17, 15) is 4.79 Å². The Morgan fingerprint density at radius 1 is 1.71 bits per heavy atom. The minimum atomic E-state index is -0.495. The van der Waals surface area contributed by atoms with Gasteiger partial charge < -0.3 is 10.1 Å². The fraction of sp³-hybridized carbons (Fsp3) is 0.222. The quantitative estimate of drug-likeness (QED) is 0.565. The highest BCUT2D eigenvalue weighted by atomic mass is 16.5. The van der Waals surface area contributed by atoms with E-state index in [0.717, 1.165) is 0 Å². The molecule has 0 fully saturated rings. The highest BCUT2D eigenvalue weighted by Gasteiger charge is 2.06. The van der Waals surface area contributed by atoms with Crippen molar-refractivity contribution >= 4 is 11.8 Å². The number of carbonyl (C=O) groups is 1. The van der Waals surface area contributed by atoms with Crippen LogP contribution in [0.25, 0.3) is 0 Å². The number of esters is 1. The Morgan fingerprint density at radius 2 is 2.50 bits per heavy atom. The Bertz CT molecular complexity index is 371. The maximum absolute atomic E-state index is 11.1. The number of nitrogens with zero attached hydrogens (tertiary/aromatic N) is 2. The van der Waals surface area contributed by atoms with E-state index >= 15 is 0 Å². The lowest BCUT2D eigenvalue weighted by Gasteiger charge is -2.02. The summed E-state index contributed by atoms with van der Waals surface area (Å²) in [6, 6.07) is 6.79. The molecule has 0 spiro atoms. The van der Waals surface area contributed by atoms with Gasteiger partial charge in [0.25, 0.3) is 0 Å².